The maximum atomic E-state index is 12.6. The normalized spacial score (nSPS) is 14.8. The van der Waals surface area contributed by atoms with Crippen molar-refractivity contribution < 1.29 is 22.7 Å². The van der Waals surface area contributed by atoms with Gasteiger partial charge in [-0.05, 0) is 36.4 Å². The van der Waals surface area contributed by atoms with E-state index in [0.717, 1.165) is 30.7 Å². The number of halogens is 3. The summed E-state index contributed by atoms with van der Waals surface area (Å²) < 4.78 is 43.4. The number of fused-ring (bicyclic) bond motifs is 1. The lowest BCUT2D eigenvalue weighted by molar-refractivity contribution is -0.141. The van der Waals surface area contributed by atoms with Crippen molar-refractivity contribution in [3.63, 3.8) is 0 Å². The third-order valence-corrected chi connectivity index (χ3v) is 4.55. The van der Waals surface area contributed by atoms with E-state index in [-0.39, 0.29) is 11.7 Å². The first kappa shape index (κ1) is 19.1. The van der Waals surface area contributed by atoms with Crippen molar-refractivity contribution >= 4 is 16.8 Å². The van der Waals surface area contributed by atoms with Gasteiger partial charge >= 0.3 is 6.18 Å². The molecule has 1 aliphatic rings. The van der Waals surface area contributed by atoms with E-state index < -0.39 is 11.9 Å². The molecule has 1 aromatic carbocycles. The van der Waals surface area contributed by atoms with Crippen LogP contribution >= 0.6 is 0 Å². The lowest BCUT2D eigenvalue weighted by Gasteiger charge is -2.27. The molecule has 3 aromatic rings. The summed E-state index contributed by atoms with van der Waals surface area (Å²) in [6.45, 7) is 2.82. The number of hydrogen-bond donors (Lipinski definition) is 1. The molecular weight excluding hydrogens is 385 g/mol. The van der Waals surface area contributed by atoms with Crippen molar-refractivity contribution in [1.82, 2.24) is 20.2 Å². The number of aromatic nitrogens is 2. The van der Waals surface area contributed by atoms with E-state index in [1.165, 1.54) is 6.07 Å². The molecular formula is C20H17F3N4O2. The standard InChI is InChI=1S/C20H17F3N4O2/c21-20(22,23)18-6-3-15(12-25-18)29-14-2-5-16-13(11-14)1-4-17(26-16)19(28)27-9-7-24-8-10-27/h1-6,11-12,24H,7-10H2. The highest BCUT2D eigenvalue weighted by molar-refractivity contribution is 5.95. The fourth-order valence-corrected chi connectivity index (χ4v) is 3.06. The van der Waals surface area contributed by atoms with E-state index in [1.807, 2.05) is 0 Å². The van der Waals surface area contributed by atoms with Crippen molar-refractivity contribution in [3.05, 3.63) is 60.0 Å². The number of carbonyl (C=O) groups is 1. The smallest absolute Gasteiger partial charge is 0.433 e. The predicted octanol–water partition coefficient (Wildman–Crippen LogP) is 3.49. The van der Waals surface area contributed by atoms with E-state index in [2.05, 4.69) is 15.3 Å². The Hall–Kier alpha value is -3.20. The van der Waals surface area contributed by atoms with Gasteiger partial charge in [-0.1, -0.05) is 6.07 Å². The molecule has 0 unspecified atom stereocenters. The maximum absolute atomic E-state index is 12.6. The van der Waals surface area contributed by atoms with Crippen LogP contribution < -0.4 is 10.1 Å². The zero-order chi connectivity index (χ0) is 20.4. The fraction of sp³-hybridized carbons (Fsp3) is 0.250. The molecule has 1 aliphatic heterocycles. The van der Waals surface area contributed by atoms with Gasteiger partial charge in [-0.3, -0.25) is 4.79 Å². The van der Waals surface area contributed by atoms with Gasteiger partial charge in [0.1, 0.15) is 22.9 Å². The number of carbonyl (C=O) groups excluding carboxylic acids is 1. The molecule has 1 fully saturated rings. The van der Waals surface area contributed by atoms with Gasteiger partial charge in [-0.15, -0.1) is 0 Å². The maximum Gasteiger partial charge on any atom is 0.433 e. The molecule has 6 nitrogen and oxygen atoms in total. The van der Waals surface area contributed by atoms with E-state index >= 15 is 0 Å². The number of nitrogens with one attached hydrogen (secondary N) is 1. The molecule has 3 heterocycles. The highest BCUT2D eigenvalue weighted by atomic mass is 19.4. The van der Waals surface area contributed by atoms with Gasteiger partial charge < -0.3 is 15.0 Å². The first-order chi connectivity index (χ1) is 13.9. The third kappa shape index (κ3) is 4.29. The van der Waals surface area contributed by atoms with E-state index in [1.54, 1.807) is 35.2 Å². The molecule has 1 saturated heterocycles. The van der Waals surface area contributed by atoms with Crippen LogP contribution in [0.15, 0.2) is 48.7 Å². The van der Waals surface area contributed by atoms with Crippen LogP contribution in [0.3, 0.4) is 0 Å². The van der Waals surface area contributed by atoms with Crippen LogP contribution in [0.2, 0.25) is 0 Å². The number of pyridine rings is 2. The molecule has 4 rings (SSSR count). The average Bonchev–Trinajstić information content (AvgIpc) is 2.73. The molecule has 0 atom stereocenters. The summed E-state index contributed by atoms with van der Waals surface area (Å²) in [6, 6.07) is 10.6. The Balaban J connectivity index is 1.51. The molecule has 150 valence electrons. The van der Waals surface area contributed by atoms with Crippen LogP contribution in [-0.4, -0.2) is 47.0 Å². The zero-order valence-corrected chi connectivity index (χ0v) is 15.2. The van der Waals surface area contributed by atoms with Gasteiger partial charge in [-0.2, -0.15) is 13.2 Å². The number of hydrogen-bond acceptors (Lipinski definition) is 5. The topological polar surface area (TPSA) is 67.3 Å². The van der Waals surface area contributed by atoms with Crippen molar-refractivity contribution in [1.29, 1.82) is 0 Å². The first-order valence-electron chi connectivity index (χ1n) is 9.02. The number of amides is 1. The van der Waals surface area contributed by atoms with Crippen molar-refractivity contribution in [2.24, 2.45) is 0 Å². The van der Waals surface area contributed by atoms with Crippen LogP contribution in [0.1, 0.15) is 16.2 Å². The van der Waals surface area contributed by atoms with Crippen LogP contribution in [-0.2, 0) is 6.18 Å². The fourth-order valence-electron chi connectivity index (χ4n) is 3.06. The number of ether oxygens (including phenoxy) is 1. The number of piperazine rings is 1. The second kappa shape index (κ2) is 7.67. The third-order valence-electron chi connectivity index (χ3n) is 4.55. The van der Waals surface area contributed by atoms with Gasteiger partial charge in [0.05, 0.1) is 11.7 Å². The van der Waals surface area contributed by atoms with Crippen LogP contribution in [0.4, 0.5) is 13.2 Å². The molecule has 9 heteroatoms. The summed E-state index contributed by atoms with van der Waals surface area (Å²) >= 11 is 0. The lowest BCUT2D eigenvalue weighted by Crippen LogP contribution is -2.46. The first-order valence-corrected chi connectivity index (χ1v) is 9.02. The van der Waals surface area contributed by atoms with E-state index in [4.69, 9.17) is 4.74 Å². The van der Waals surface area contributed by atoms with E-state index in [9.17, 15) is 18.0 Å². The molecule has 1 amide bonds. The Morgan fingerprint density at radius 1 is 1.03 bits per heavy atom. The van der Waals surface area contributed by atoms with Gasteiger partial charge in [0.25, 0.3) is 5.91 Å². The predicted molar refractivity (Wildman–Crippen MR) is 99.8 cm³/mol. The summed E-state index contributed by atoms with van der Waals surface area (Å²) in [7, 11) is 0. The van der Waals surface area contributed by atoms with Gasteiger partial charge in [0.2, 0.25) is 0 Å². The minimum Gasteiger partial charge on any atom is -0.456 e. The number of benzene rings is 1. The number of rotatable bonds is 3. The SMILES string of the molecule is O=C(c1ccc2cc(Oc3ccc(C(F)(F)F)nc3)ccc2n1)N1CCNCC1. The summed E-state index contributed by atoms with van der Waals surface area (Å²) in [4.78, 5) is 22.1. The average molecular weight is 402 g/mol. The molecule has 0 saturated carbocycles. The van der Waals surface area contributed by atoms with Crippen molar-refractivity contribution in [3.8, 4) is 11.5 Å². The highest BCUT2D eigenvalue weighted by Gasteiger charge is 2.32. The lowest BCUT2D eigenvalue weighted by atomic mass is 10.2. The minimum atomic E-state index is -4.49. The molecule has 0 radical (unpaired) electrons. The Morgan fingerprint density at radius 3 is 2.48 bits per heavy atom. The summed E-state index contributed by atoms with van der Waals surface area (Å²) in [6.07, 6.45) is -3.46. The summed E-state index contributed by atoms with van der Waals surface area (Å²) in [5.74, 6) is 0.516. The Bertz CT molecular complexity index is 1030. The second-order valence-corrected chi connectivity index (χ2v) is 6.57. The largest absolute Gasteiger partial charge is 0.456 e. The van der Waals surface area contributed by atoms with Crippen LogP contribution in [0, 0.1) is 0 Å². The molecule has 29 heavy (non-hydrogen) atoms. The van der Waals surface area contributed by atoms with Crippen molar-refractivity contribution in [2.45, 2.75) is 6.18 Å². The van der Waals surface area contributed by atoms with Crippen LogP contribution in [0.5, 0.6) is 11.5 Å². The molecule has 2 aromatic heterocycles. The molecule has 0 aliphatic carbocycles. The highest BCUT2D eigenvalue weighted by Crippen LogP contribution is 2.30. The number of nitrogens with zero attached hydrogens (tertiary/aromatic N) is 3. The van der Waals surface area contributed by atoms with E-state index in [0.29, 0.717) is 30.0 Å². The number of alkyl halides is 3. The van der Waals surface area contributed by atoms with Crippen molar-refractivity contribution in [2.75, 3.05) is 26.2 Å². The minimum absolute atomic E-state index is 0.107. The zero-order valence-electron chi connectivity index (χ0n) is 15.2. The Morgan fingerprint density at radius 2 is 1.79 bits per heavy atom. The van der Waals surface area contributed by atoms with Gasteiger partial charge in [0.15, 0.2) is 0 Å². The Kier molecular flexibility index (Phi) is 5.06. The van der Waals surface area contributed by atoms with Gasteiger partial charge in [0, 0.05) is 31.6 Å². The second-order valence-electron chi connectivity index (χ2n) is 6.57. The Labute approximate surface area is 164 Å². The summed E-state index contributed by atoms with van der Waals surface area (Å²) in [5.41, 5.74) is 0.0260. The van der Waals surface area contributed by atoms with Gasteiger partial charge in [-0.25, -0.2) is 9.97 Å². The molecule has 0 bridgehead atoms. The quantitative estimate of drug-likeness (QED) is 0.727. The molecule has 0 spiro atoms. The monoisotopic (exact) mass is 402 g/mol. The summed E-state index contributed by atoms with van der Waals surface area (Å²) in [5, 5.41) is 3.95. The van der Waals surface area contributed by atoms with Crippen LogP contribution in [0.25, 0.3) is 10.9 Å². The molecule has 1 N–H and O–H groups in total.